The van der Waals surface area contributed by atoms with E-state index in [1.54, 1.807) is 13.0 Å². The minimum Gasteiger partial charge on any atom is -0.463 e. The summed E-state index contributed by atoms with van der Waals surface area (Å²) in [4.78, 5) is 11.3. The maximum absolute atomic E-state index is 11.3. The lowest BCUT2D eigenvalue weighted by atomic mass is 10.2. The van der Waals surface area contributed by atoms with Crippen LogP contribution in [0.3, 0.4) is 0 Å². The minimum atomic E-state index is -0.430. The smallest absolute Gasteiger partial charge is 0.330 e. The molecule has 1 heterocycles. The number of ether oxygens (including phenoxy) is 3. The Kier molecular flexibility index (Phi) is 4.10. The topological polar surface area (TPSA) is 44.8 Å². The standard InChI is InChI=1S/C18H16O4/c1-2-20-17(19)11-9-13-8-10-15-16(12-13)22-18(21-15)14-6-4-3-5-7-14/h3-12,18H,2H2,1H3/b11-9+. The maximum Gasteiger partial charge on any atom is 0.330 e. The summed E-state index contributed by atoms with van der Waals surface area (Å²) in [6, 6.07) is 15.3. The van der Waals surface area contributed by atoms with Gasteiger partial charge in [-0.25, -0.2) is 4.79 Å². The van der Waals surface area contributed by atoms with Gasteiger partial charge in [0.05, 0.1) is 6.61 Å². The number of hydrogen-bond donors (Lipinski definition) is 0. The molecule has 0 spiro atoms. The fourth-order valence-electron chi connectivity index (χ4n) is 2.17. The quantitative estimate of drug-likeness (QED) is 0.637. The van der Waals surface area contributed by atoms with Crippen LogP contribution in [0.1, 0.15) is 24.3 Å². The molecule has 1 aliphatic rings. The van der Waals surface area contributed by atoms with Crippen molar-refractivity contribution in [2.24, 2.45) is 0 Å². The summed E-state index contributed by atoms with van der Waals surface area (Å²) in [6.07, 6.45) is 2.66. The molecule has 0 saturated heterocycles. The molecule has 0 radical (unpaired) electrons. The molecule has 1 unspecified atom stereocenters. The summed E-state index contributed by atoms with van der Waals surface area (Å²) >= 11 is 0. The first-order valence-electron chi connectivity index (χ1n) is 7.13. The summed E-state index contributed by atoms with van der Waals surface area (Å²) in [5.74, 6) is 1.00. The number of fused-ring (bicyclic) bond motifs is 1. The Morgan fingerprint density at radius 2 is 1.91 bits per heavy atom. The fourth-order valence-corrected chi connectivity index (χ4v) is 2.17. The number of carbonyl (C=O) groups is 1. The van der Waals surface area contributed by atoms with Crippen molar-refractivity contribution in [1.29, 1.82) is 0 Å². The van der Waals surface area contributed by atoms with Crippen molar-refractivity contribution in [3.63, 3.8) is 0 Å². The molecule has 0 bridgehead atoms. The van der Waals surface area contributed by atoms with Gasteiger partial charge in [0.2, 0.25) is 0 Å². The zero-order valence-corrected chi connectivity index (χ0v) is 12.2. The van der Waals surface area contributed by atoms with Crippen molar-refractivity contribution in [2.45, 2.75) is 13.2 Å². The Labute approximate surface area is 128 Å². The van der Waals surface area contributed by atoms with Crippen LogP contribution in [0.5, 0.6) is 11.5 Å². The van der Waals surface area contributed by atoms with E-state index in [9.17, 15) is 4.79 Å². The van der Waals surface area contributed by atoms with Crippen molar-refractivity contribution in [3.05, 3.63) is 65.7 Å². The molecule has 3 rings (SSSR count). The number of hydrogen-bond acceptors (Lipinski definition) is 4. The van der Waals surface area contributed by atoms with Crippen LogP contribution in [0.2, 0.25) is 0 Å². The fraction of sp³-hybridized carbons (Fsp3) is 0.167. The van der Waals surface area contributed by atoms with Gasteiger partial charge in [0.1, 0.15) is 0 Å². The van der Waals surface area contributed by atoms with Crippen LogP contribution in [0.4, 0.5) is 0 Å². The molecule has 0 aliphatic carbocycles. The summed E-state index contributed by atoms with van der Waals surface area (Å²) in [7, 11) is 0. The van der Waals surface area contributed by atoms with Gasteiger partial charge in [-0.2, -0.15) is 0 Å². The molecule has 1 aliphatic heterocycles. The molecule has 4 nitrogen and oxygen atoms in total. The van der Waals surface area contributed by atoms with E-state index < -0.39 is 6.29 Å². The van der Waals surface area contributed by atoms with E-state index in [-0.39, 0.29) is 5.97 Å². The number of benzene rings is 2. The molecule has 112 valence electrons. The SMILES string of the molecule is CCOC(=O)/C=C/c1ccc2c(c1)OC(c1ccccc1)O2. The van der Waals surface area contributed by atoms with Gasteiger partial charge < -0.3 is 14.2 Å². The first-order chi connectivity index (χ1) is 10.8. The molecule has 4 heteroatoms. The first-order valence-corrected chi connectivity index (χ1v) is 7.13. The summed E-state index contributed by atoms with van der Waals surface area (Å²) < 4.78 is 16.4. The second kappa shape index (κ2) is 6.35. The number of esters is 1. The lowest BCUT2D eigenvalue weighted by Gasteiger charge is -2.09. The van der Waals surface area contributed by atoms with E-state index in [4.69, 9.17) is 14.2 Å². The molecule has 2 aromatic rings. The molecule has 2 aromatic carbocycles. The average molecular weight is 296 g/mol. The van der Waals surface area contributed by atoms with E-state index in [0.29, 0.717) is 18.1 Å². The Morgan fingerprint density at radius 1 is 1.14 bits per heavy atom. The molecule has 0 saturated carbocycles. The van der Waals surface area contributed by atoms with Crippen LogP contribution < -0.4 is 9.47 Å². The molecular formula is C18H16O4. The van der Waals surface area contributed by atoms with Gasteiger partial charge in [0.25, 0.3) is 6.29 Å². The molecule has 0 fully saturated rings. The van der Waals surface area contributed by atoms with Gasteiger partial charge in [-0.3, -0.25) is 0 Å². The van der Waals surface area contributed by atoms with Crippen LogP contribution in [0, 0.1) is 0 Å². The van der Waals surface area contributed by atoms with Crippen LogP contribution >= 0.6 is 0 Å². The second-order valence-electron chi connectivity index (χ2n) is 4.77. The van der Waals surface area contributed by atoms with Crippen molar-refractivity contribution in [2.75, 3.05) is 6.61 Å². The Bertz CT molecular complexity index is 691. The van der Waals surface area contributed by atoms with E-state index in [2.05, 4.69) is 0 Å². The highest BCUT2D eigenvalue weighted by molar-refractivity contribution is 5.87. The van der Waals surface area contributed by atoms with E-state index in [0.717, 1.165) is 11.1 Å². The van der Waals surface area contributed by atoms with Gasteiger partial charge in [0.15, 0.2) is 11.5 Å². The zero-order valence-electron chi connectivity index (χ0n) is 12.2. The third-order valence-electron chi connectivity index (χ3n) is 3.21. The van der Waals surface area contributed by atoms with Crippen LogP contribution in [-0.2, 0) is 9.53 Å². The van der Waals surface area contributed by atoms with E-state index in [1.807, 2.05) is 48.5 Å². The van der Waals surface area contributed by atoms with Crippen LogP contribution in [0.25, 0.3) is 6.08 Å². The van der Waals surface area contributed by atoms with Crippen molar-refractivity contribution in [3.8, 4) is 11.5 Å². The van der Waals surface area contributed by atoms with Crippen LogP contribution in [0.15, 0.2) is 54.6 Å². The molecule has 0 aromatic heterocycles. The monoisotopic (exact) mass is 296 g/mol. The molecule has 22 heavy (non-hydrogen) atoms. The lowest BCUT2D eigenvalue weighted by molar-refractivity contribution is -0.137. The highest BCUT2D eigenvalue weighted by Gasteiger charge is 2.25. The number of carbonyl (C=O) groups excluding carboxylic acids is 1. The lowest BCUT2D eigenvalue weighted by Crippen LogP contribution is -2.07. The first kappa shape index (κ1) is 14.2. The third kappa shape index (κ3) is 3.11. The Morgan fingerprint density at radius 3 is 2.68 bits per heavy atom. The minimum absolute atomic E-state index is 0.359. The summed E-state index contributed by atoms with van der Waals surface area (Å²) in [5, 5.41) is 0. The molecule has 0 N–H and O–H groups in total. The third-order valence-corrected chi connectivity index (χ3v) is 3.21. The van der Waals surface area contributed by atoms with Gasteiger partial charge >= 0.3 is 5.97 Å². The van der Waals surface area contributed by atoms with E-state index >= 15 is 0 Å². The van der Waals surface area contributed by atoms with Crippen molar-refractivity contribution < 1.29 is 19.0 Å². The predicted octanol–water partition coefficient (Wildman–Crippen LogP) is 3.73. The molecule has 0 amide bonds. The summed E-state index contributed by atoms with van der Waals surface area (Å²) in [6.45, 7) is 2.14. The van der Waals surface area contributed by atoms with Gasteiger partial charge in [-0.15, -0.1) is 0 Å². The van der Waals surface area contributed by atoms with Crippen LogP contribution in [-0.4, -0.2) is 12.6 Å². The van der Waals surface area contributed by atoms with Gasteiger partial charge in [0, 0.05) is 11.6 Å². The Balaban J connectivity index is 1.73. The van der Waals surface area contributed by atoms with E-state index in [1.165, 1.54) is 6.08 Å². The van der Waals surface area contributed by atoms with Crippen molar-refractivity contribution in [1.82, 2.24) is 0 Å². The molecular weight excluding hydrogens is 280 g/mol. The largest absolute Gasteiger partial charge is 0.463 e. The number of rotatable bonds is 4. The zero-order chi connectivity index (χ0) is 15.4. The normalized spacial score (nSPS) is 16.0. The highest BCUT2D eigenvalue weighted by Crippen LogP contribution is 2.40. The summed E-state index contributed by atoms with van der Waals surface area (Å²) in [5.41, 5.74) is 1.81. The predicted molar refractivity (Wildman–Crippen MR) is 82.5 cm³/mol. The van der Waals surface area contributed by atoms with Gasteiger partial charge in [-0.05, 0) is 30.7 Å². The Hall–Kier alpha value is -2.75. The average Bonchev–Trinajstić information content (AvgIpc) is 2.97. The maximum atomic E-state index is 11.3. The second-order valence-corrected chi connectivity index (χ2v) is 4.77. The van der Waals surface area contributed by atoms with Gasteiger partial charge in [-0.1, -0.05) is 36.4 Å². The van der Waals surface area contributed by atoms with Crippen molar-refractivity contribution >= 4 is 12.0 Å². The molecule has 1 atom stereocenters. The highest BCUT2D eigenvalue weighted by atomic mass is 16.7.